The standard InChI is InChI=1S/C8H14N2S/c1-6-3-4-8(11-6)7(9)5-10-2/h3-4,7,10H,5,9H2,1-2H3. The minimum Gasteiger partial charge on any atom is -0.322 e. The van der Waals surface area contributed by atoms with Crippen molar-refractivity contribution in [3.63, 3.8) is 0 Å². The van der Waals surface area contributed by atoms with Crippen molar-refractivity contribution in [2.75, 3.05) is 13.6 Å². The van der Waals surface area contributed by atoms with Crippen LogP contribution in [0.1, 0.15) is 15.8 Å². The molecule has 0 aromatic carbocycles. The minimum absolute atomic E-state index is 0.152. The molecule has 0 aliphatic carbocycles. The second-order valence-corrected chi connectivity index (χ2v) is 3.93. The van der Waals surface area contributed by atoms with Crippen LogP contribution in [-0.4, -0.2) is 13.6 Å². The molecule has 1 unspecified atom stereocenters. The van der Waals surface area contributed by atoms with E-state index in [1.165, 1.54) is 9.75 Å². The Bertz CT molecular complexity index is 220. The van der Waals surface area contributed by atoms with Crippen LogP contribution < -0.4 is 11.1 Å². The van der Waals surface area contributed by atoms with Gasteiger partial charge in [0.15, 0.2) is 0 Å². The van der Waals surface area contributed by atoms with E-state index < -0.39 is 0 Å². The molecule has 0 spiro atoms. The Balaban J connectivity index is 2.60. The van der Waals surface area contributed by atoms with Gasteiger partial charge >= 0.3 is 0 Å². The molecule has 0 saturated carbocycles. The molecule has 0 bridgehead atoms. The maximum atomic E-state index is 5.87. The number of nitrogens with two attached hydrogens (primary N) is 1. The van der Waals surface area contributed by atoms with Gasteiger partial charge in [-0.25, -0.2) is 0 Å². The lowest BCUT2D eigenvalue weighted by Gasteiger charge is -2.06. The Labute approximate surface area is 71.4 Å². The second-order valence-electron chi connectivity index (χ2n) is 2.61. The summed E-state index contributed by atoms with van der Waals surface area (Å²) < 4.78 is 0. The molecule has 1 atom stereocenters. The summed E-state index contributed by atoms with van der Waals surface area (Å²) in [6.07, 6.45) is 0. The molecule has 2 nitrogen and oxygen atoms in total. The number of thiophene rings is 1. The highest BCUT2D eigenvalue weighted by molar-refractivity contribution is 7.12. The van der Waals surface area contributed by atoms with Gasteiger partial charge in [0.05, 0.1) is 6.04 Å². The molecule has 0 radical (unpaired) electrons. The number of hydrogen-bond acceptors (Lipinski definition) is 3. The van der Waals surface area contributed by atoms with E-state index in [1.54, 1.807) is 11.3 Å². The summed E-state index contributed by atoms with van der Waals surface area (Å²) in [7, 11) is 1.92. The van der Waals surface area contributed by atoms with E-state index in [0.717, 1.165) is 6.54 Å². The molecular weight excluding hydrogens is 156 g/mol. The summed E-state index contributed by atoms with van der Waals surface area (Å²) >= 11 is 1.77. The molecule has 3 N–H and O–H groups in total. The van der Waals surface area contributed by atoms with Crippen molar-refractivity contribution >= 4 is 11.3 Å². The summed E-state index contributed by atoms with van der Waals surface area (Å²) in [5.74, 6) is 0. The van der Waals surface area contributed by atoms with E-state index in [-0.39, 0.29) is 6.04 Å². The molecule has 0 aliphatic heterocycles. The van der Waals surface area contributed by atoms with Crippen LogP contribution in [0.5, 0.6) is 0 Å². The normalized spacial score (nSPS) is 13.4. The minimum atomic E-state index is 0.152. The maximum Gasteiger partial charge on any atom is 0.0516 e. The van der Waals surface area contributed by atoms with E-state index >= 15 is 0 Å². The zero-order valence-corrected chi connectivity index (χ0v) is 7.74. The Morgan fingerprint density at radius 2 is 2.36 bits per heavy atom. The zero-order chi connectivity index (χ0) is 8.27. The van der Waals surface area contributed by atoms with Crippen molar-refractivity contribution in [2.24, 2.45) is 5.73 Å². The average molecular weight is 170 g/mol. The summed E-state index contributed by atoms with van der Waals surface area (Å²) in [5.41, 5.74) is 5.87. The fourth-order valence-electron chi connectivity index (χ4n) is 0.973. The van der Waals surface area contributed by atoms with Crippen molar-refractivity contribution in [1.29, 1.82) is 0 Å². The molecular formula is C8H14N2S. The molecule has 0 amide bonds. The third-order valence-corrected chi connectivity index (χ3v) is 2.68. The van der Waals surface area contributed by atoms with E-state index in [1.807, 2.05) is 7.05 Å². The first-order chi connectivity index (χ1) is 5.24. The van der Waals surface area contributed by atoms with E-state index in [4.69, 9.17) is 5.73 Å². The summed E-state index contributed by atoms with van der Waals surface area (Å²) in [4.78, 5) is 2.59. The van der Waals surface area contributed by atoms with Crippen LogP contribution in [0.15, 0.2) is 12.1 Å². The number of likely N-dealkylation sites (N-methyl/N-ethyl adjacent to an activating group) is 1. The van der Waals surface area contributed by atoms with Crippen LogP contribution in [0, 0.1) is 6.92 Å². The average Bonchev–Trinajstić information content (AvgIpc) is 2.36. The van der Waals surface area contributed by atoms with Gasteiger partial charge in [-0.05, 0) is 26.1 Å². The Morgan fingerprint density at radius 3 is 2.82 bits per heavy atom. The molecule has 1 heterocycles. The van der Waals surface area contributed by atoms with Crippen molar-refractivity contribution in [3.05, 3.63) is 21.9 Å². The van der Waals surface area contributed by atoms with Gasteiger partial charge in [-0.15, -0.1) is 11.3 Å². The molecule has 0 saturated heterocycles. The van der Waals surface area contributed by atoms with E-state index in [9.17, 15) is 0 Å². The second kappa shape index (κ2) is 3.85. The topological polar surface area (TPSA) is 38.0 Å². The van der Waals surface area contributed by atoms with Gasteiger partial charge in [0.1, 0.15) is 0 Å². The van der Waals surface area contributed by atoms with Gasteiger partial charge in [0.25, 0.3) is 0 Å². The van der Waals surface area contributed by atoms with Crippen LogP contribution >= 0.6 is 11.3 Å². The fourth-order valence-corrected chi connectivity index (χ4v) is 1.85. The number of aryl methyl sites for hydroxylation is 1. The van der Waals surface area contributed by atoms with Crippen molar-refractivity contribution in [1.82, 2.24) is 5.32 Å². The van der Waals surface area contributed by atoms with Crippen molar-refractivity contribution in [2.45, 2.75) is 13.0 Å². The van der Waals surface area contributed by atoms with Crippen LogP contribution in [-0.2, 0) is 0 Å². The van der Waals surface area contributed by atoms with Crippen LogP contribution in [0.3, 0.4) is 0 Å². The Morgan fingerprint density at radius 1 is 1.64 bits per heavy atom. The van der Waals surface area contributed by atoms with Crippen LogP contribution in [0.2, 0.25) is 0 Å². The number of rotatable bonds is 3. The largest absolute Gasteiger partial charge is 0.322 e. The van der Waals surface area contributed by atoms with Gasteiger partial charge in [-0.3, -0.25) is 0 Å². The zero-order valence-electron chi connectivity index (χ0n) is 6.92. The molecule has 0 fully saturated rings. The first-order valence-electron chi connectivity index (χ1n) is 3.70. The molecule has 3 heteroatoms. The lowest BCUT2D eigenvalue weighted by molar-refractivity contribution is 0.662. The molecule has 11 heavy (non-hydrogen) atoms. The third kappa shape index (κ3) is 2.29. The summed E-state index contributed by atoms with van der Waals surface area (Å²) in [5, 5.41) is 3.06. The highest BCUT2D eigenvalue weighted by Gasteiger charge is 2.05. The summed E-state index contributed by atoms with van der Waals surface area (Å²) in [6, 6.07) is 4.36. The Kier molecular flexibility index (Phi) is 3.05. The number of nitrogens with one attached hydrogen (secondary N) is 1. The number of hydrogen-bond donors (Lipinski definition) is 2. The van der Waals surface area contributed by atoms with Crippen LogP contribution in [0.4, 0.5) is 0 Å². The van der Waals surface area contributed by atoms with Crippen molar-refractivity contribution < 1.29 is 0 Å². The molecule has 1 aromatic rings. The Hall–Kier alpha value is -0.380. The first kappa shape index (κ1) is 8.71. The quantitative estimate of drug-likeness (QED) is 0.717. The lowest BCUT2D eigenvalue weighted by Crippen LogP contribution is -2.22. The molecule has 0 aliphatic rings. The SMILES string of the molecule is CNCC(N)c1ccc(C)s1. The van der Waals surface area contributed by atoms with Gasteiger partial charge in [-0.2, -0.15) is 0 Å². The van der Waals surface area contributed by atoms with Gasteiger partial charge < -0.3 is 11.1 Å². The van der Waals surface area contributed by atoms with Crippen molar-refractivity contribution in [3.8, 4) is 0 Å². The highest BCUT2D eigenvalue weighted by atomic mass is 32.1. The van der Waals surface area contributed by atoms with Gasteiger partial charge in [0, 0.05) is 16.3 Å². The van der Waals surface area contributed by atoms with Crippen LogP contribution in [0.25, 0.3) is 0 Å². The van der Waals surface area contributed by atoms with Gasteiger partial charge in [-0.1, -0.05) is 0 Å². The predicted molar refractivity (Wildman–Crippen MR) is 49.9 cm³/mol. The maximum absolute atomic E-state index is 5.87. The highest BCUT2D eigenvalue weighted by Crippen LogP contribution is 2.20. The molecule has 62 valence electrons. The summed E-state index contributed by atoms with van der Waals surface area (Å²) in [6.45, 7) is 2.94. The monoisotopic (exact) mass is 170 g/mol. The third-order valence-electron chi connectivity index (χ3n) is 1.55. The smallest absolute Gasteiger partial charge is 0.0516 e. The van der Waals surface area contributed by atoms with E-state index in [2.05, 4.69) is 24.4 Å². The predicted octanol–water partition coefficient (Wildman–Crippen LogP) is 1.28. The van der Waals surface area contributed by atoms with Gasteiger partial charge in [0.2, 0.25) is 0 Å². The molecule has 1 aromatic heterocycles. The van der Waals surface area contributed by atoms with E-state index in [0.29, 0.717) is 0 Å². The molecule has 1 rings (SSSR count). The first-order valence-corrected chi connectivity index (χ1v) is 4.52. The lowest BCUT2D eigenvalue weighted by atomic mass is 10.2. The fraction of sp³-hybridized carbons (Fsp3) is 0.500.